The molecule has 0 fully saturated rings. The lowest BCUT2D eigenvalue weighted by molar-refractivity contribution is -0.386. The van der Waals surface area contributed by atoms with Crippen LogP contribution in [0.15, 0.2) is 16.6 Å². The number of nitrogens with zero attached hydrogens (tertiary/aromatic N) is 1. The van der Waals surface area contributed by atoms with Crippen LogP contribution in [0.5, 0.6) is 5.75 Å². The summed E-state index contributed by atoms with van der Waals surface area (Å²) in [5.41, 5.74) is -1.85. The number of methoxy groups -OCH3 is 1. The lowest BCUT2D eigenvalue weighted by Gasteiger charge is -2.13. The van der Waals surface area contributed by atoms with Crippen molar-refractivity contribution in [3.05, 3.63) is 32.3 Å². The third-order valence-electron chi connectivity index (χ3n) is 1.78. The minimum absolute atomic E-state index is 0.468. The molecular formula is C8H5BrF3NO3. The third kappa shape index (κ3) is 2.26. The van der Waals surface area contributed by atoms with Crippen molar-refractivity contribution >= 4 is 21.6 Å². The molecule has 1 aromatic carbocycles. The molecule has 0 heterocycles. The smallest absolute Gasteiger partial charge is 0.421 e. The number of nitro benzene ring substituents is 1. The van der Waals surface area contributed by atoms with Gasteiger partial charge in [0.1, 0.15) is 15.8 Å². The Hall–Kier alpha value is -1.31. The SMILES string of the molecule is COc1ccc([N+](=O)[O-])c(Br)c1C(F)(F)F. The Bertz CT molecular complexity index is 433. The van der Waals surface area contributed by atoms with Gasteiger partial charge < -0.3 is 4.74 Å². The van der Waals surface area contributed by atoms with E-state index in [2.05, 4.69) is 20.7 Å². The summed E-state index contributed by atoms with van der Waals surface area (Å²) in [6, 6.07) is 1.85. The van der Waals surface area contributed by atoms with Crippen LogP contribution in [0.25, 0.3) is 0 Å². The van der Waals surface area contributed by atoms with E-state index in [1.165, 1.54) is 0 Å². The van der Waals surface area contributed by atoms with Gasteiger partial charge in [-0.3, -0.25) is 10.1 Å². The Kier molecular flexibility index (Phi) is 3.41. The maximum absolute atomic E-state index is 12.6. The molecule has 0 N–H and O–H groups in total. The first-order chi connectivity index (χ1) is 7.29. The Morgan fingerprint density at radius 3 is 2.38 bits per heavy atom. The molecule has 0 saturated carbocycles. The molecule has 0 spiro atoms. The number of hydrogen-bond acceptors (Lipinski definition) is 3. The number of nitro groups is 1. The maximum Gasteiger partial charge on any atom is 0.421 e. The van der Waals surface area contributed by atoms with Crippen molar-refractivity contribution in [1.82, 2.24) is 0 Å². The van der Waals surface area contributed by atoms with E-state index in [9.17, 15) is 23.3 Å². The Morgan fingerprint density at radius 1 is 1.44 bits per heavy atom. The average molecular weight is 300 g/mol. The molecule has 4 nitrogen and oxygen atoms in total. The highest BCUT2D eigenvalue weighted by Crippen LogP contribution is 2.44. The fourth-order valence-corrected chi connectivity index (χ4v) is 1.82. The molecule has 0 aliphatic heterocycles. The van der Waals surface area contributed by atoms with Gasteiger partial charge in [-0.2, -0.15) is 13.2 Å². The zero-order valence-corrected chi connectivity index (χ0v) is 9.42. The first-order valence-corrected chi connectivity index (χ1v) is 4.66. The molecular weight excluding hydrogens is 295 g/mol. The minimum Gasteiger partial charge on any atom is -0.496 e. The van der Waals surface area contributed by atoms with E-state index in [0.29, 0.717) is 0 Å². The van der Waals surface area contributed by atoms with Gasteiger partial charge in [0, 0.05) is 6.07 Å². The lowest BCUT2D eigenvalue weighted by atomic mass is 10.1. The molecule has 0 atom stereocenters. The van der Waals surface area contributed by atoms with E-state index in [1.54, 1.807) is 0 Å². The van der Waals surface area contributed by atoms with Gasteiger partial charge in [0.05, 0.1) is 12.0 Å². The molecule has 88 valence electrons. The van der Waals surface area contributed by atoms with E-state index in [0.717, 1.165) is 19.2 Å². The van der Waals surface area contributed by atoms with E-state index in [1.807, 2.05) is 0 Å². The quantitative estimate of drug-likeness (QED) is 0.621. The second-order valence-electron chi connectivity index (χ2n) is 2.73. The Morgan fingerprint density at radius 2 is 2.00 bits per heavy atom. The van der Waals surface area contributed by atoms with E-state index >= 15 is 0 Å². The van der Waals surface area contributed by atoms with Crippen LogP contribution >= 0.6 is 15.9 Å². The summed E-state index contributed by atoms with van der Waals surface area (Å²) < 4.78 is 41.7. The molecule has 0 aliphatic carbocycles. The van der Waals surface area contributed by atoms with Gasteiger partial charge in [-0.25, -0.2) is 0 Å². The molecule has 0 saturated heterocycles. The van der Waals surface area contributed by atoms with Crippen molar-refractivity contribution < 1.29 is 22.8 Å². The molecule has 16 heavy (non-hydrogen) atoms. The van der Waals surface area contributed by atoms with Crippen LogP contribution in [0.3, 0.4) is 0 Å². The normalized spacial score (nSPS) is 11.3. The third-order valence-corrected chi connectivity index (χ3v) is 2.59. The summed E-state index contributed by atoms with van der Waals surface area (Å²) in [5.74, 6) is -0.468. The van der Waals surface area contributed by atoms with Crippen LogP contribution in [0.4, 0.5) is 18.9 Å². The van der Waals surface area contributed by atoms with Crippen molar-refractivity contribution in [2.24, 2.45) is 0 Å². The standard InChI is InChI=1S/C8H5BrF3NO3/c1-16-5-3-2-4(13(14)15)7(9)6(5)8(10,11)12/h2-3H,1H3. The zero-order chi connectivity index (χ0) is 12.5. The topological polar surface area (TPSA) is 52.4 Å². The van der Waals surface area contributed by atoms with Gasteiger partial charge in [-0.1, -0.05) is 0 Å². The number of halogens is 4. The lowest BCUT2D eigenvalue weighted by Crippen LogP contribution is -2.09. The Labute approximate surface area is 96.3 Å². The maximum atomic E-state index is 12.6. The van der Waals surface area contributed by atoms with E-state index in [-0.39, 0.29) is 0 Å². The predicted molar refractivity (Wildman–Crippen MR) is 52.4 cm³/mol. The van der Waals surface area contributed by atoms with Crippen molar-refractivity contribution in [2.75, 3.05) is 7.11 Å². The van der Waals surface area contributed by atoms with E-state index < -0.39 is 32.6 Å². The number of hydrogen-bond donors (Lipinski definition) is 0. The van der Waals surface area contributed by atoms with Crippen LogP contribution in [0, 0.1) is 10.1 Å². The molecule has 0 unspecified atom stereocenters. The summed E-state index contributed by atoms with van der Waals surface area (Å²) in [5, 5.41) is 10.5. The highest BCUT2D eigenvalue weighted by atomic mass is 79.9. The van der Waals surface area contributed by atoms with Crippen molar-refractivity contribution in [3.63, 3.8) is 0 Å². The largest absolute Gasteiger partial charge is 0.496 e. The van der Waals surface area contributed by atoms with Crippen LogP contribution in [0.2, 0.25) is 0 Å². The molecule has 0 radical (unpaired) electrons. The number of benzene rings is 1. The zero-order valence-electron chi connectivity index (χ0n) is 7.84. The highest BCUT2D eigenvalue weighted by Gasteiger charge is 2.39. The van der Waals surface area contributed by atoms with Gasteiger partial charge in [0.15, 0.2) is 0 Å². The molecule has 0 bridgehead atoms. The first kappa shape index (κ1) is 12.8. The molecule has 8 heteroatoms. The van der Waals surface area contributed by atoms with Gasteiger partial charge in [-0.15, -0.1) is 0 Å². The highest BCUT2D eigenvalue weighted by molar-refractivity contribution is 9.10. The minimum atomic E-state index is -4.73. The predicted octanol–water partition coefficient (Wildman–Crippen LogP) is 3.38. The molecule has 1 aromatic rings. The monoisotopic (exact) mass is 299 g/mol. The average Bonchev–Trinajstić information content (AvgIpc) is 2.14. The summed E-state index contributed by atoms with van der Waals surface area (Å²) >= 11 is 2.57. The first-order valence-electron chi connectivity index (χ1n) is 3.87. The summed E-state index contributed by atoms with van der Waals surface area (Å²) in [6.45, 7) is 0. The summed E-state index contributed by atoms with van der Waals surface area (Å²) in [7, 11) is 1.06. The summed E-state index contributed by atoms with van der Waals surface area (Å²) in [6.07, 6.45) is -4.73. The summed E-state index contributed by atoms with van der Waals surface area (Å²) in [4.78, 5) is 9.56. The number of ether oxygens (including phenoxy) is 1. The Balaban J connectivity index is 3.53. The van der Waals surface area contributed by atoms with Gasteiger partial charge in [-0.05, 0) is 22.0 Å². The van der Waals surface area contributed by atoms with Gasteiger partial charge in [0.2, 0.25) is 0 Å². The fourth-order valence-electron chi connectivity index (χ4n) is 1.12. The van der Waals surface area contributed by atoms with Gasteiger partial charge in [0.25, 0.3) is 5.69 Å². The van der Waals surface area contributed by atoms with Crippen LogP contribution < -0.4 is 4.74 Å². The van der Waals surface area contributed by atoms with Crippen molar-refractivity contribution in [3.8, 4) is 5.75 Å². The fraction of sp³-hybridized carbons (Fsp3) is 0.250. The van der Waals surface area contributed by atoms with Crippen LogP contribution in [-0.2, 0) is 6.18 Å². The van der Waals surface area contributed by atoms with Crippen molar-refractivity contribution in [2.45, 2.75) is 6.18 Å². The van der Waals surface area contributed by atoms with Crippen LogP contribution in [-0.4, -0.2) is 12.0 Å². The molecule has 1 rings (SSSR count). The van der Waals surface area contributed by atoms with Crippen molar-refractivity contribution in [1.29, 1.82) is 0 Å². The second-order valence-corrected chi connectivity index (χ2v) is 3.52. The van der Waals surface area contributed by atoms with E-state index in [4.69, 9.17) is 0 Å². The van der Waals surface area contributed by atoms with Crippen LogP contribution in [0.1, 0.15) is 5.56 Å². The van der Waals surface area contributed by atoms with Gasteiger partial charge >= 0.3 is 6.18 Å². The molecule has 0 amide bonds. The number of rotatable bonds is 2. The second kappa shape index (κ2) is 4.28. The molecule has 0 aliphatic rings. The number of alkyl halides is 3. The molecule has 0 aromatic heterocycles.